The number of amides is 1. The predicted octanol–water partition coefficient (Wildman–Crippen LogP) is 4.36. The van der Waals surface area contributed by atoms with Crippen LogP contribution in [-0.4, -0.2) is 53.2 Å². The van der Waals surface area contributed by atoms with Crippen LogP contribution in [0.5, 0.6) is 0 Å². The molecule has 4 fully saturated rings. The molecular weight excluding hydrogens is 446 g/mol. The first kappa shape index (κ1) is 26.9. The zero-order valence-electron chi connectivity index (χ0n) is 21.9. The molecule has 0 aromatic rings. The van der Waals surface area contributed by atoms with Crippen molar-refractivity contribution in [3.05, 3.63) is 0 Å². The summed E-state index contributed by atoms with van der Waals surface area (Å²) in [6.07, 6.45) is 9.68. The third kappa shape index (κ3) is 6.40. The lowest BCUT2D eigenvalue weighted by Gasteiger charge is -2.45. The second-order valence-corrected chi connectivity index (χ2v) is 12.1. The highest BCUT2D eigenvalue weighted by molar-refractivity contribution is 5.85. The largest absolute Gasteiger partial charge is 0.480 e. The molecule has 0 aromatic carbocycles. The smallest absolute Gasteiger partial charge is 0.326 e. The van der Waals surface area contributed by atoms with E-state index in [1.54, 1.807) is 0 Å². The van der Waals surface area contributed by atoms with Crippen molar-refractivity contribution < 1.29 is 29.3 Å². The van der Waals surface area contributed by atoms with Crippen molar-refractivity contribution in [2.24, 2.45) is 41.4 Å². The van der Waals surface area contributed by atoms with E-state index in [-0.39, 0.29) is 29.8 Å². The standard InChI is InChI=1S/C28H47NO6/c1-16-7-13-23(24-15-34-17(2)8-14-22(16)24)18(3)28(33)35-21-11-9-20(10-12-21)26(30)29-25(27(31)32)19-5-4-6-19/h16-25,28,33H,4-15H2,1-3H3,(H,29,30)(H,31,32)/t16-,17?,18-,20?,21?,22+,23+,24?,25+,28-/m1/s1. The quantitative estimate of drug-likeness (QED) is 0.434. The lowest BCUT2D eigenvalue weighted by molar-refractivity contribution is -0.190. The second kappa shape index (κ2) is 11.9. The van der Waals surface area contributed by atoms with E-state index in [1.807, 2.05) is 0 Å². The SMILES string of the molecule is CC1CC[C@@H]2C(CO1)[C@H]([C@@H](C)[C@H](O)OC1CCC(C(=O)N[C@H](C(=O)O)C3CCC3)CC1)CC[C@H]2C. The van der Waals surface area contributed by atoms with Crippen molar-refractivity contribution >= 4 is 11.9 Å². The molecule has 7 heteroatoms. The van der Waals surface area contributed by atoms with Crippen molar-refractivity contribution in [1.29, 1.82) is 0 Å². The molecule has 3 saturated carbocycles. The number of fused-ring (bicyclic) bond motifs is 1. The summed E-state index contributed by atoms with van der Waals surface area (Å²) < 4.78 is 12.3. The summed E-state index contributed by atoms with van der Waals surface area (Å²) in [4.78, 5) is 24.3. The highest BCUT2D eigenvalue weighted by Gasteiger charge is 2.43. The number of carboxylic acid groups (broad SMARTS) is 1. The van der Waals surface area contributed by atoms with Gasteiger partial charge in [-0.15, -0.1) is 0 Å². The molecule has 1 aliphatic heterocycles. The van der Waals surface area contributed by atoms with Crippen molar-refractivity contribution in [3.8, 4) is 0 Å². The molecule has 0 bridgehead atoms. The van der Waals surface area contributed by atoms with Crippen LogP contribution in [0, 0.1) is 41.4 Å². The van der Waals surface area contributed by atoms with Gasteiger partial charge in [0.15, 0.2) is 6.29 Å². The van der Waals surface area contributed by atoms with Gasteiger partial charge < -0.3 is 25.0 Å². The van der Waals surface area contributed by atoms with Gasteiger partial charge in [0.25, 0.3) is 0 Å². The third-order valence-corrected chi connectivity index (χ3v) is 9.95. The summed E-state index contributed by atoms with van der Waals surface area (Å²) in [5, 5.41) is 23.3. The number of nitrogens with one attached hydrogen (secondary N) is 1. The Hall–Kier alpha value is -1.18. The predicted molar refractivity (Wildman–Crippen MR) is 132 cm³/mol. The molecule has 3 aliphatic carbocycles. The van der Waals surface area contributed by atoms with Gasteiger partial charge in [-0.3, -0.25) is 4.79 Å². The molecule has 7 nitrogen and oxygen atoms in total. The molecule has 8 atom stereocenters. The van der Waals surface area contributed by atoms with Crippen LogP contribution in [0.4, 0.5) is 0 Å². The van der Waals surface area contributed by atoms with E-state index in [0.29, 0.717) is 42.6 Å². The summed E-state index contributed by atoms with van der Waals surface area (Å²) in [7, 11) is 0. The molecule has 0 radical (unpaired) electrons. The van der Waals surface area contributed by atoms with E-state index in [0.717, 1.165) is 51.6 Å². The van der Waals surface area contributed by atoms with Crippen molar-refractivity contribution in [3.63, 3.8) is 0 Å². The first-order valence-electron chi connectivity index (χ1n) is 14.2. The number of carboxylic acids is 1. The van der Waals surface area contributed by atoms with Crippen LogP contribution in [0.1, 0.15) is 91.4 Å². The van der Waals surface area contributed by atoms with Crippen LogP contribution in [0.15, 0.2) is 0 Å². The first-order chi connectivity index (χ1) is 16.7. The fourth-order valence-electron chi connectivity index (χ4n) is 7.23. The summed E-state index contributed by atoms with van der Waals surface area (Å²) in [5.41, 5.74) is 0. The summed E-state index contributed by atoms with van der Waals surface area (Å²) in [6.45, 7) is 7.46. The van der Waals surface area contributed by atoms with Crippen LogP contribution in [0.25, 0.3) is 0 Å². The molecule has 4 aliphatic rings. The number of hydrogen-bond acceptors (Lipinski definition) is 5. The minimum atomic E-state index is -0.926. The van der Waals surface area contributed by atoms with Gasteiger partial charge in [-0.05, 0) is 94.3 Å². The third-order valence-electron chi connectivity index (χ3n) is 9.95. The zero-order valence-corrected chi connectivity index (χ0v) is 21.9. The number of aliphatic hydroxyl groups excluding tert-OH is 1. The van der Waals surface area contributed by atoms with E-state index in [4.69, 9.17) is 9.47 Å². The number of rotatable bonds is 8. The zero-order chi connectivity index (χ0) is 25.1. The number of aliphatic carboxylic acids is 1. The van der Waals surface area contributed by atoms with Crippen LogP contribution in [-0.2, 0) is 19.1 Å². The molecule has 0 spiro atoms. The fraction of sp³-hybridized carbons (Fsp3) is 0.929. The summed E-state index contributed by atoms with van der Waals surface area (Å²) >= 11 is 0. The monoisotopic (exact) mass is 493 g/mol. The number of carbonyl (C=O) groups excluding carboxylic acids is 1. The summed E-state index contributed by atoms with van der Waals surface area (Å²) in [6, 6.07) is -0.758. The Bertz CT molecular complexity index is 718. The Kier molecular flexibility index (Phi) is 9.14. The Morgan fingerprint density at radius 2 is 1.66 bits per heavy atom. The molecule has 3 N–H and O–H groups in total. The van der Waals surface area contributed by atoms with Crippen LogP contribution < -0.4 is 5.32 Å². The lowest BCUT2D eigenvalue weighted by atomic mass is 9.62. The molecule has 2 unspecified atom stereocenters. The molecule has 200 valence electrons. The second-order valence-electron chi connectivity index (χ2n) is 12.1. The molecule has 1 heterocycles. The van der Waals surface area contributed by atoms with Gasteiger partial charge >= 0.3 is 5.97 Å². The maximum atomic E-state index is 12.7. The van der Waals surface area contributed by atoms with Crippen molar-refractivity contribution in [2.75, 3.05) is 6.61 Å². The van der Waals surface area contributed by atoms with Gasteiger partial charge in [0, 0.05) is 11.8 Å². The molecular formula is C28H47NO6. The average Bonchev–Trinajstić information content (AvgIpc) is 3.00. The number of hydrogen-bond donors (Lipinski definition) is 3. The van der Waals surface area contributed by atoms with E-state index >= 15 is 0 Å². The van der Waals surface area contributed by atoms with Crippen molar-refractivity contribution in [2.45, 2.75) is 116 Å². The van der Waals surface area contributed by atoms with E-state index in [1.165, 1.54) is 12.8 Å². The van der Waals surface area contributed by atoms with Crippen molar-refractivity contribution in [1.82, 2.24) is 5.32 Å². The molecule has 4 rings (SSSR count). The topological polar surface area (TPSA) is 105 Å². The highest BCUT2D eigenvalue weighted by atomic mass is 16.6. The Morgan fingerprint density at radius 1 is 0.943 bits per heavy atom. The highest BCUT2D eigenvalue weighted by Crippen LogP contribution is 2.47. The van der Waals surface area contributed by atoms with E-state index in [9.17, 15) is 19.8 Å². The first-order valence-corrected chi connectivity index (χ1v) is 14.2. The Balaban J connectivity index is 1.25. The number of carbonyl (C=O) groups is 2. The minimum absolute atomic E-state index is 0.0480. The number of ether oxygens (including phenoxy) is 2. The maximum Gasteiger partial charge on any atom is 0.326 e. The van der Waals surface area contributed by atoms with E-state index in [2.05, 4.69) is 26.1 Å². The van der Waals surface area contributed by atoms with Gasteiger partial charge in [-0.1, -0.05) is 26.7 Å². The van der Waals surface area contributed by atoms with Gasteiger partial charge in [0.2, 0.25) is 5.91 Å². The van der Waals surface area contributed by atoms with Gasteiger partial charge in [-0.25, -0.2) is 4.79 Å². The molecule has 1 saturated heterocycles. The number of aliphatic hydroxyl groups is 1. The van der Waals surface area contributed by atoms with Crippen LogP contribution >= 0.6 is 0 Å². The van der Waals surface area contributed by atoms with Crippen LogP contribution in [0.3, 0.4) is 0 Å². The van der Waals surface area contributed by atoms with Crippen LogP contribution in [0.2, 0.25) is 0 Å². The maximum absolute atomic E-state index is 12.7. The summed E-state index contributed by atoms with van der Waals surface area (Å²) in [5.74, 6) is 1.14. The molecule has 0 aromatic heterocycles. The lowest BCUT2D eigenvalue weighted by Crippen LogP contribution is -2.50. The Labute approximate surface area is 210 Å². The van der Waals surface area contributed by atoms with Gasteiger partial charge in [0.1, 0.15) is 6.04 Å². The van der Waals surface area contributed by atoms with Gasteiger partial charge in [-0.2, -0.15) is 0 Å². The fourth-order valence-corrected chi connectivity index (χ4v) is 7.23. The normalized spacial score (nSPS) is 38.8. The average molecular weight is 494 g/mol. The van der Waals surface area contributed by atoms with E-state index < -0.39 is 18.3 Å². The van der Waals surface area contributed by atoms with Gasteiger partial charge in [0.05, 0.1) is 18.8 Å². The minimum Gasteiger partial charge on any atom is -0.480 e. The molecule has 1 amide bonds. The Morgan fingerprint density at radius 3 is 2.29 bits per heavy atom. The molecule has 35 heavy (non-hydrogen) atoms.